The Morgan fingerprint density at radius 1 is 0.250 bits per heavy atom. The highest BCUT2D eigenvalue weighted by Crippen LogP contribution is 2.45. The highest BCUT2D eigenvalue weighted by molar-refractivity contribution is 7.27. The molecule has 0 aliphatic rings. The highest BCUT2D eigenvalue weighted by atomic mass is 32.1. The van der Waals surface area contributed by atoms with Crippen molar-refractivity contribution in [2.45, 2.75) is 0 Å². The van der Waals surface area contributed by atoms with E-state index in [1.807, 2.05) is 22.7 Å². The van der Waals surface area contributed by atoms with Gasteiger partial charge < -0.3 is 0 Å². The van der Waals surface area contributed by atoms with Crippen molar-refractivity contribution in [1.29, 1.82) is 0 Å². The van der Waals surface area contributed by atoms with Gasteiger partial charge in [0.05, 0.1) is 0 Å². The van der Waals surface area contributed by atoms with Crippen molar-refractivity contribution < 1.29 is 0 Å². The van der Waals surface area contributed by atoms with Crippen molar-refractivity contribution >= 4 is 117 Å². The van der Waals surface area contributed by atoms with Crippen LogP contribution in [0.5, 0.6) is 0 Å². The molecule has 0 saturated heterocycles. The zero-order valence-electron chi connectivity index (χ0n) is 28.0. The van der Waals surface area contributed by atoms with E-state index in [-0.39, 0.29) is 0 Å². The maximum absolute atomic E-state index is 2.43. The van der Waals surface area contributed by atoms with Crippen LogP contribution in [0.25, 0.3) is 116 Å². The van der Waals surface area contributed by atoms with Gasteiger partial charge in [-0.05, 0) is 125 Å². The van der Waals surface area contributed by atoms with Crippen molar-refractivity contribution in [2.24, 2.45) is 0 Å². The summed E-state index contributed by atoms with van der Waals surface area (Å²) >= 11 is 3.80. The average molecular weight is 693 g/mol. The SMILES string of the molecule is c1ccc2cc3cc(-c4ccc5sc6ccc(-c7ccc8c(c7)c7ccccc7c7ccc9c%10ccccc%10sc9c78)cc6c5c4)ccc3cc2c1. The molecule has 12 aromatic rings. The Morgan fingerprint density at radius 3 is 1.48 bits per heavy atom. The molecule has 0 radical (unpaired) electrons. The van der Waals surface area contributed by atoms with Gasteiger partial charge in [0.15, 0.2) is 0 Å². The molecule has 12 rings (SSSR count). The van der Waals surface area contributed by atoms with E-state index in [9.17, 15) is 0 Å². The number of hydrogen-bond donors (Lipinski definition) is 0. The van der Waals surface area contributed by atoms with Gasteiger partial charge >= 0.3 is 0 Å². The second-order valence-corrected chi connectivity index (χ2v) is 16.2. The summed E-state index contributed by atoms with van der Waals surface area (Å²) in [6, 6.07) is 63.7. The highest BCUT2D eigenvalue weighted by Gasteiger charge is 2.16. The van der Waals surface area contributed by atoms with Crippen LogP contribution in [0.15, 0.2) is 170 Å². The predicted molar refractivity (Wildman–Crippen MR) is 231 cm³/mol. The summed E-state index contributed by atoms with van der Waals surface area (Å²) in [6.07, 6.45) is 0. The lowest BCUT2D eigenvalue weighted by molar-refractivity contribution is 1.70. The van der Waals surface area contributed by atoms with Gasteiger partial charge in [-0.15, -0.1) is 22.7 Å². The monoisotopic (exact) mass is 692 g/mol. The fourth-order valence-corrected chi connectivity index (χ4v) is 11.0. The van der Waals surface area contributed by atoms with Crippen molar-refractivity contribution in [3.63, 3.8) is 0 Å². The summed E-state index contributed by atoms with van der Waals surface area (Å²) in [7, 11) is 0. The van der Waals surface area contributed by atoms with E-state index in [0.29, 0.717) is 0 Å². The van der Waals surface area contributed by atoms with E-state index in [1.54, 1.807) is 0 Å². The van der Waals surface area contributed by atoms with Gasteiger partial charge in [0.1, 0.15) is 0 Å². The summed E-state index contributed by atoms with van der Waals surface area (Å²) in [5, 5.41) is 18.4. The molecule has 0 aliphatic heterocycles. The zero-order chi connectivity index (χ0) is 33.9. The maximum atomic E-state index is 2.43. The lowest BCUT2D eigenvalue weighted by Crippen LogP contribution is -1.85. The topological polar surface area (TPSA) is 0 Å². The summed E-state index contributed by atoms with van der Waals surface area (Å²) in [5.74, 6) is 0. The number of thiophene rings is 2. The van der Waals surface area contributed by atoms with Crippen LogP contribution in [-0.2, 0) is 0 Å². The summed E-state index contributed by atoms with van der Waals surface area (Å²) in [6.45, 7) is 0. The molecule has 0 N–H and O–H groups in total. The van der Waals surface area contributed by atoms with E-state index >= 15 is 0 Å². The Hall–Kier alpha value is -6.06. The number of rotatable bonds is 2. The van der Waals surface area contributed by atoms with Crippen LogP contribution in [0.4, 0.5) is 0 Å². The van der Waals surface area contributed by atoms with Crippen molar-refractivity contribution in [3.05, 3.63) is 170 Å². The molecule has 0 aliphatic carbocycles. The van der Waals surface area contributed by atoms with Crippen LogP contribution >= 0.6 is 22.7 Å². The minimum absolute atomic E-state index is 1.25. The molecule has 0 bridgehead atoms. The van der Waals surface area contributed by atoms with Crippen LogP contribution in [0, 0.1) is 0 Å². The third kappa shape index (κ3) is 4.14. The molecule has 2 heterocycles. The van der Waals surface area contributed by atoms with Crippen molar-refractivity contribution in [2.75, 3.05) is 0 Å². The fraction of sp³-hybridized carbons (Fsp3) is 0. The first-order valence-electron chi connectivity index (χ1n) is 17.8. The lowest BCUT2D eigenvalue weighted by Gasteiger charge is -2.13. The Bertz CT molecular complexity index is 3470. The quantitative estimate of drug-likeness (QED) is 0.125. The molecule has 0 nitrogen and oxygen atoms in total. The molecule has 0 spiro atoms. The van der Waals surface area contributed by atoms with E-state index < -0.39 is 0 Å². The van der Waals surface area contributed by atoms with E-state index in [4.69, 9.17) is 0 Å². The van der Waals surface area contributed by atoms with Gasteiger partial charge in [-0.2, -0.15) is 0 Å². The van der Waals surface area contributed by atoms with Gasteiger partial charge in [0.2, 0.25) is 0 Å². The van der Waals surface area contributed by atoms with Gasteiger partial charge in [0, 0.05) is 45.7 Å². The molecule has 240 valence electrons. The molecule has 0 atom stereocenters. The van der Waals surface area contributed by atoms with Crippen molar-refractivity contribution in [1.82, 2.24) is 0 Å². The number of fused-ring (bicyclic) bond motifs is 15. The van der Waals surface area contributed by atoms with Crippen molar-refractivity contribution in [3.8, 4) is 22.3 Å². The molecule has 0 saturated carbocycles. The predicted octanol–water partition coefficient (Wildman–Crippen LogP) is 15.5. The first-order valence-corrected chi connectivity index (χ1v) is 19.4. The Labute approximate surface area is 307 Å². The Morgan fingerprint density at radius 2 is 0.731 bits per heavy atom. The fourth-order valence-electron chi connectivity index (χ4n) is 8.65. The normalized spacial score (nSPS) is 12.2. The molecule has 0 unspecified atom stereocenters. The van der Waals surface area contributed by atoms with Gasteiger partial charge in [-0.3, -0.25) is 0 Å². The number of hydrogen-bond acceptors (Lipinski definition) is 2. The third-order valence-electron chi connectivity index (χ3n) is 11.2. The average Bonchev–Trinajstić information content (AvgIpc) is 3.77. The second-order valence-electron chi connectivity index (χ2n) is 14.1. The molecule has 52 heavy (non-hydrogen) atoms. The van der Waals surface area contributed by atoms with Gasteiger partial charge in [-0.25, -0.2) is 0 Å². The number of benzene rings is 10. The standard InChI is InChI=1S/C50H28S2/c1-2-8-30-24-36-25-31(13-14-32(36)23-29(30)7-1)34-16-21-47-44(27-34)45-28-35(17-22-48(45)51-47)33-15-18-41-43(26-33)38-10-4-3-9-37(38)40-19-20-42-39-11-5-6-12-46(39)52-50(42)49(40)41/h1-28H. The smallest absolute Gasteiger partial charge is 0.0440 e. The minimum atomic E-state index is 1.25. The first-order chi connectivity index (χ1) is 25.7. The van der Waals surface area contributed by atoms with E-state index in [1.165, 1.54) is 116 Å². The van der Waals surface area contributed by atoms with E-state index in [0.717, 1.165) is 0 Å². The van der Waals surface area contributed by atoms with Crippen LogP contribution in [0.3, 0.4) is 0 Å². The lowest BCUT2D eigenvalue weighted by atomic mass is 9.91. The first kappa shape index (κ1) is 28.6. The molecule has 10 aromatic carbocycles. The summed E-state index contributed by atoms with van der Waals surface area (Å²) < 4.78 is 5.37. The maximum Gasteiger partial charge on any atom is 0.0440 e. The minimum Gasteiger partial charge on any atom is -0.135 e. The van der Waals surface area contributed by atoms with Crippen LogP contribution in [-0.4, -0.2) is 0 Å². The second kappa shape index (κ2) is 10.7. The molecule has 0 amide bonds. The molecular formula is C50H28S2. The molecule has 0 fully saturated rings. The Kier molecular flexibility index (Phi) is 5.90. The van der Waals surface area contributed by atoms with Gasteiger partial charge in [-0.1, -0.05) is 115 Å². The van der Waals surface area contributed by atoms with Crippen LogP contribution < -0.4 is 0 Å². The van der Waals surface area contributed by atoms with E-state index in [2.05, 4.69) is 170 Å². The largest absolute Gasteiger partial charge is 0.135 e. The van der Waals surface area contributed by atoms with Crippen LogP contribution in [0.2, 0.25) is 0 Å². The Balaban J connectivity index is 1.03. The summed E-state index contributed by atoms with van der Waals surface area (Å²) in [5.41, 5.74) is 5.01. The van der Waals surface area contributed by atoms with Gasteiger partial charge in [0.25, 0.3) is 0 Å². The molecule has 2 heteroatoms. The van der Waals surface area contributed by atoms with Crippen LogP contribution in [0.1, 0.15) is 0 Å². The summed E-state index contributed by atoms with van der Waals surface area (Å²) in [4.78, 5) is 0. The molecule has 2 aromatic heterocycles. The zero-order valence-corrected chi connectivity index (χ0v) is 29.6. The molecular weight excluding hydrogens is 665 g/mol. The third-order valence-corrected chi connectivity index (χ3v) is 13.5.